The molecule has 0 radical (unpaired) electrons. The molecule has 0 heterocycles. The second-order valence-corrected chi connectivity index (χ2v) is 3.97. The van der Waals surface area contributed by atoms with Gasteiger partial charge in [0.25, 0.3) is 0 Å². The topological polar surface area (TPSA) is 3.24 Å². The number of alkyl halides is 1. The monoisotopic (exact) mass is 267 g/mol. The molecular formula is C13H18BrN. The number of nitrogens with zero attached hydrogens (tertiary/aromatic N) is 1. The van der Waals surface area contributed by atoms with E-state index in [1.165, 1.54) is 11.3 Å². The number of anilines is 1. The van der Waals surface area contributed by atoms with Crippen LogP contribution in [-0.4, -0.2) is 18.4 Å². The number of hydrogen-bond donors (Lipinski definition) is 0. The molecule has 0 saturated carbocycles. The standard InChI is InChI=1S/C13H18BrN/c1-3-15(4-2)13-9-7-12(8-10-13)6-5-11-14/h5-10H,3-4,11H2,1-2H3. The number of benzene rings is 1. The normalized spacial score (nSPS) is 10.9. The van der Waals surface area contributed by atoms with Gasteiger partial charge in [-0.1, -0.05) is 40.2 Å². The van der Waals surface area contributed by atoms with Gasteiger partial charge in [0, 0.05) is 24.1 Å². The first-order chi connectivity index (χ1) is 7.31. The molecule has 0 bridgehead atoms. The quantitative estimate of drug-likeness (QED) is 0.731. The lowest BCUT2D eigenvalue weighted by Gasteiger charge is -2.20. The second-order valence-electron chi connectivity index (χ2n) is 3.32. The van der Waals surface area contributed by atoms with Gasteiger partial charge in [0.2, 0.25) is 0 Å². The van der Waals surface area contributed by atoms with Crippen molar-refractivity contribution in [1.82, 2.24) is 0 Å². The van der Waals surface area contributed by atoms with Crippen LogP contribution in [0, 0.1) is 0 Å². The smallest absolute Gasteiger partial charge is 0.0366 e. The molecule has 0 aromatic heterocycles. The van der Waals surface area contributed by atoms with Crippen LogP contribution in [0.15, 0.2) is 30.3 Å². The number of halogens is 1. The summed E-state index contributed by atoms with van der Waals surface area (Å²) in [7, 11) is 0. The highest BCUT2D eigenvalue weighted by Gasteiger charge is 1.99. The van der Waals surface area contributed by atoms with E-state index in [1.54, 1.807) is 0 Å². The lowest BCUT2D eigenvalue weighted by atomic mass is 10.2. The van der Waals surface area contributed by atoms with Gasteiger partial charge in [0.1, 0.15) is 0 Å². The van der Waals surface area contributed by atoms with E-state index in [0.29, 0.717) is 0 Å². The Kier molecular flexibility index (Phi) is 5.48. The van der Waals surface area contributed by atoms with Crippen LogP contribution in [0.5, 0.6) is 0 Å². The Morgan fingerprint density at radius 1 is 1.13 bits per heavy atom. The lowest BCUT2D eigenvalue weighted by Crippen LogP contribution is -2.21. The predicted molar refractivity (Wildman–Crippen MR) is 72.8 cm³/mol. The number of rotatable bonds is 5. The van der Waals surface area contributed by atoms with Gasteiger partial charge >= 0.3 is 0 Å². The van der Waals surface area contributed by atoms with Crippen LogP contribution in [-0.2, 0) is 0 Å². The summed E-state index contributed by atoms with van der Waals surface area (Å²) in [4.78, 5) is 2.35. The summed E-state index contributed by atoms with van der Waals surface area (Å²) < 4.78 is 0. The first-order valence-electron chi connectivity index (χ1n) is 5.39. The fraction of sp³-hybridized carbons (Fsp3) is 0.385. The van der Waals surface area contributed by atoms with Crippen LogP contribution >= 0.6 is 15.9 Å². The maximum atomic E-state index is 3.37. The Morgan fingerprint density at radius 3 is 2.20 bits per heavy atom. The van der Waals surface area contributed by atoms with Crippen molar-refractivity contribution in [1.29, 1.82) is 0 Å². The third-order valence-electron chi connectivity index (χ3n) is 2.42. The van der Waals surface area contributed by atoms with E-state index in [1.807, 2.05) is 0 Å². The Balaban J connectivity index is 2.75. The van der Waals surface area contributed by atoms with Gasteiger partial charge in [-0.3, -0.25) is 0 Å². The molecule has 0 amide bonds. The van der Waals surface area contributed by atoms with E-state index in [9.17, 15) is 0 Å². The van der Waals surface area contributed by atoms with E-state index < -0.39 is 0 Å². The van der Waals surface area contributed by atoms with Gasteiger partial charge in [-0.15, -0.1) is 0 Å². The Hall–Kier alpha value is -0.760. The third kappa shape index (κ3) is 3.71. The molecule has 1 nitrogen and oxygen atoms in total. The average molecular weight is 268 g/mol. The van der Waals surface area contributed by atoms with Crippen molar-refractivity contribution in [3.63, 3.8) is 0 Å². The molecule has 0 atom stereocenters. The van der Waals surface area contributed by atoms with Crippen molar-refractivity contribution in [3.05, 3.63) is 35.9 Å². The molecule has 0 aliphatic rings. The molecule has 1 rings (SSSR count). The molecule has 1 aromatic carbocycles. The third-order valence-corrected chi connectivity index (χ3v) is 2.79. The van der Waals surface area contributed by atoms with Gasteiger partial charge in [0.15, 0.2) is 0 Å². The Bertz CT molecular complexity index is 299. The predicted octanol–water partition coefficient (Wildman–Crippen LogP) is 3.94. The lowest BCUT2D eigenvalue weighted by molar-refractivity contribution is 0.866. The van der Waals surface area contributed by atoms with E-state index in [4.69, 9.17) is 0 Å². The molecule has 1 aromatic rings. The minimum atomic E-state index is 0.908. The Labute approximate surface area is 101 Å². The molecule has 0 N–H and O–H groups in total. The van der Waals surface area contributed by atoms with E-state index >= 15 is 0 Å². The van der Waals surface area contributed by atoms with Gasteiger partial charge in [-0.25, -0.2) is 0 Å². The highest BCUT2D eigenvalue weighted by Crippen LogP contribution is 2.15. The summed E-state index contributed by atoms with van der Waals surface area (Å²) in [6.45, 7) is 6.49. The molecular weight excluding hydrogens is 250 g/mol. The van der Waals surface area contributed by atoms with Crippen molar-refractivity contribution >= 4 is 27.7 Å². The van der Waals surface area contributed by atoms with Gasteiger partial charge in [-0.2, -0.15) is 0 Å². The Morgan fingerprint density at radius 2 is 1.73 bits per heavy atom. The van der Waals surface area contributed by atoms with Crippen LogP contribution < -0.4 is 4.90 Å². The summed E-state index contributed by atoms with van der Waals surface area (Å²) in [5.41, 5.74) is 2.56. The zero-order chi connectivity index (χ0) is 11.1. The maximum Gasteiger partial charge on any atom is 0.0366 e. The van der Waals surface area contributed by atoms with E-state index in [0.717, 1.165) is 18.4 Å². The van der Waals surface area contributed by atoms with Crippen molar-refractivity contribution in [2.45, 2.75) is 13.8 Å². The molecule has 15 heavy (non-hydrogen) atoms. The molecule has 0 saturated heterocycles. The summed E-state index contributed by atoms with van der Waals surface area (Å²) >= 11 is 3.37. The zero-order valence-electron chi connectivity index (χ0n) is 9.41. The van der Waals surface area contributed by atoms with Crippen LogP contribution in [0.25, 0.3) is 6.08 Å². The van der Waals surface area contributed by atoms with E-state index in [2.05, 4.69) is 71.1 Å². The highest BCUT2D eigenvalue weighted by atomic mass is 79.9. The first kappa shape index (κ1) is 12.3. The van der Waals surface area contributed by atoms with Crippen LogP contribution in [0.2, 0.25) is 0 Å². The molecule has 2 heteroatoms. The fourth-order valence-electron chi connectivity index (χ4n) is 1.57. The number of allylic oxidation sites excluding steroid dienone is 1. The fourth-order valence-corrected chi connectivity index (χ4v) is 1.75. The molecule has 0 aliphatic heterocycles. The van der Waals surface area contributed by atoms with Gasteiger partial charge in [0.05, 0.1) is 0 Å². The SMILES string of the molecule is CCN(CC)c1ccc(C=CCBr)cc1. The highest BCUT2D eigenvalue weighted by molar-refractivity contribution is 9.09. The number of hydrogen-bond acceptors (Lipinski definition) is 1. The zero-order valence-corrected chi connectivity index (χ0v) is 11.0. The minimum Gasteiger partial charge on any atom is -0.372 e. The van der Waals surface area contributed by atoms with Crippen molar-refractivity contribution in [3.8, 4) is 0 Å². The van der Waals surface area contributed by atoms with Crippen molar-refractivity contribution < 1.29 is 0 Å². The summed E-state index contributed by atoms with van der Waals surface area (Å²) in [6.07, 6.45) is 4.23. The first-order valence-corrected chi connectivity index (χ1v) is 6.51. The van der Waals surface area contributed by atoms with Crippen LogP contribution in [0.1, 0.15) is 19.4 Å². The largest absolute Gasteiger partial charge is 0.372 e. The van der Waals surface area contributed by atoms with Crippen molar-refractivity contribution in [2.24, 2.45) is 0 Å². The molecule has 0 unspecified atom stereocenters. The average Bonchev–Trinajstić information content (AvgIpc) is 2.29. The van der Waals surface area contributed by atoms with Crippen LogP contribution in [0.4, 0.5) is 5.69 Å². The molecule has 0 fully saturated rings. The molecule has 82 valence electrons. The second kappa shape index (κ2) is 6.67. The van der Waals surface area contributed by atoms with Crippen LogP contribution in [0.3, 0.4) is 0 Å². The summed E-state index contributed by atoms with van der Waals surface area (Å²) in [5.74, 6) is 0. The maximum absolute atomic E-state index is 3.37. The van der Waals surface area contributed by atoms with E-state index in [-0.39, 0.29) is 0 Å². The van der Waals surface area contributed by atoms with Gasteiger partial charge < -0.3 is 4.90 Å². The summed E-state index contributed by atoms with van der Waals surface area (Å²) in [6, 6.07) is 8.68. The molecule has 0 aliphatic carbocycles. The van der Waals surface area contributed by atoms with Crippen molar-refractivity contribution in [2.75, 3.05) is 23.3 Å². The molecule has 0 spiro atoms. The summed E-state index contributed by atoms with van der Waals surface area (Å²) in [5, 5.41) is 0.908. The van der Waals surface area contributed by atoms with Gasteiger partial charge in [-0.05, 0) is 31.5 Å². The minimum absolute atomic E-state index is 0.908.